The van der Waals surface area contributed by atoms with E-state index in [1.165, 1.54) is 23.3 Å². The number of hydrogen-bond acceptors (Lipinski definition) is 3. The SMILES string of the molecule is CCC(CSC)N1Cc2cccc(N)c2C1. The first-order valence-corrected chi connectivity index (χ1v) is 7.24. The van der Waals surface area contributed by atoms with Crippen molar-refractivity contribution in [2.24, 2.45) is 0 Å². The van der Waals surface area contributed by atoms with Gasteiger partial charge in [-0.25, -0.2) is 0 Å². The minimum absolute atomic E-state index is 0.682. The normalized spacial score (nSPS) is 17.4. The average molecular weight is 236 g/mol. The van der Waals surface area contributed by atoms with Crippen molar-refractivity contribution in [1.29, 1.82) is 0 Å². The van der Waals surface area contributed by atoms with E-state index < -0.39 is 0 Å². The molecule has 0 amide bonds. The molecule has 1 aliphatic heterocycles. The van der Waals surface area contributed by atoms with Gasteiger partial charge in [-0.1, -0.05) is 19.1 Å². The van der Waals surface area contributed by atoms with Crippen molar-refractivity contribution in [3.8, 4) is 0 Å². The van der Waals surface area contributed by atoms with Crippen LogP contribution in [0.3, 0.4) is 0 Å². The summed E-state index contributed by atoms with van der Waals surface area (Å²) < 4.78 is 0. The lowest BCUT2D eigenvalue weighted by molar-refractivity contribution is 0.212. The summed E-state index contributed by atoms with van der Waals surface area (Å²) in [7, 11) is 0. The van der Waals surface area contributed by atoms with Crippen LogP contribution in [0.2, 0.25) is 0 Å². The van der Waals surface area contributed by atoms with E-state index >= 15 is 0 Å². The third-order valence-corrected chi connectivity index (χ3v) is 4.11. The van der Waals surface area contributed by atoms with Crippen molar-refractivity contribution in [1.82, 2.24) is 4.90 Å². The quantitative estimate of drug-likeness (QED) is 0.815. The highest BCUT2D eigenvalue weighted by atomic mass is 32.2. The number of nitrogen functional groups attached to an aromatic ring is 1. The maximum Gasteiger partial charge on any atom is 0.0363 e. The average Bonchev–Trinajstić information content (AvgIpc) is 2.71. The summed E-state index contributed by atoms with van der Waals surface area (Å²) in [5.74, 6) is 1.21. The fourth-order valence-electron chi connectivity index (χ4n) is 2.41. The second-order valence-corrected chi connectivity index (χ2v) is 5.32. The largest absolute Gasteiger partial charge is 0.398 e. The van der Waals surface area contributed by atoms with Crippen molar-refractivity contribution in [3.63, 3.8) is 0 Å². The van der Waals surface area contributed by atoms with E-state index in [1.807, 2.05) is 17.8 Å². The molecule has 2 rings (SSSR count). The lowest BCUT2D eigenvalue weighted by Gasteiger charge is -2.25. The van der Waals surface area contributed by atoms with Gasteiger partial charge in [0.25, 0.3) is 0 Å². The van der Waals surface area contributed by atoms with Crippen LogP contribution in [0.4, 0.5) is 5.69 Å². The summed E-state index contributed by atoms with van der Waals surface area (Å²) in [4.78, 5) is 2.55. The first-order chi connectivity index (χ1) is 7.76. The van der Waals surface area contributed by atoms with Gasteiger partial charge in [-0.2, -0.15) is 11.8 Å². The van der Waals surface area contributed by atoms with E-state index in [1.54, 1.807) is 0 Å². The molecule has 2 N–H and O–H groups in total. The van der Waals surface area contributed by atoms with Gasteiger partial charge < -0.3 is 5.73 Å². The van der Waals surface area contributed by atoms with Gasteiger partial charge in [-0.3, -0.25) is 4.90 Å². The zero-order valence-corrected chi connectivity index (χ0v) is 10.9. The molecule has 1 heterocycles. The molecule has 1 aliphatic rings. The molecule has 0 spiro atoms. The lowest BCUT2D eigenvalue weighted by atomic mass is 10.1. The van der Waals surface area contributed by atoms with Gasteiger partial charge in [0, 0.05) is 30.6 Å². The van der Waals surface area contributed by atoms with Crippen LogP contribution in [0, 0.1) is 0 Å². The van der Waals surface area contributed by atoms with E-state index in [4.69, 9.17) is 5.73 Å². The zero-order chi connectivity index (χ0) is 11.5. The predicted octanol–water partition coefficient (Wildman–Crippen LogP) is 2.73. The number of nitrogens with zero attached hydrogens (tertiary/aromatic N) is 1. The first kappa shape index (κ1) is 11.8. The summed E-state index contributed by atoms with van der Waals surface area (Å²) in [6.45, 7) is 4.37. The Morgan fingerprint density at radius 3 is 2.88 bits per heavy atom. The third-order valence-electron chi connectivity index (χ3n) is 3.39. The minimum atomic E-state index is 0.682. The molecule has 1 unspecified atom stereocenters. The summed E-state index contributed by atoms with van der Waals surface area (Å²) in [5.41, 5.74) is 9.74. The topological polar surface area (TPSA) is 29.3 Å². The van der Waals surface area contributed by atoms with Crippen molar-refractivity contribution in [2.75, 3.05) is 17.7 Å². The Bertz CT molecular complexity index is 365. The molecule has 0 fully saturated rings. The maximum absolute atomic E-state index is 6.02. The Kier molecular flexibility index (Phi) is 3.77. The van der Waals surface area contributed by atoms with Crippen molar-refractivity contribution in [2.45, 2.75) is 32.5 Å². The van der Waals surface area contributed by atoms with E-state index in [2.05, 4.69) is 30.2 Å². The molecule has 16 heavy (non-hydrogen) atoms. The summed E-state index contributed by atoms with van der Waals surface area (Å²) in [6, 6.07) is 6.96. The number of thioether (sulfide) groups is 1. The molecule has 0 saturated carbocycles. The van der Waals surface area contributed by atoms with Crippen LogP contribution < -0.4 is 5.73 Å². The van der Waals surface area contributed by atoms with Gasteiger partial charge in [-0.15, -0.1) is 0 Å². The van der Waals surface area contributed by atoms with Gasteiger partial charge in [0.1, 0.15) is 0 Å². The van der Waals surface area contributed by atoms with Gasteiger partial charge in [0.15, 0.2) is 0 Å². The van der Waals surface area contributed by atoms with Crippen LogP contribution in [-0.2, 0) is 13.1 Å². The Balaban J connectivity index is 2.12. The second kappa shape index (κ2) is 5.11. The Morgan fingerprint density at radius 1 is 1.44 bits per heavy atom. The van der Waals surface area contributed by atoms with E-state index in [0.717, 1.165) is 18.8 Å². The molecule has 0 bridgehead atoms. The van der Waals surface area contributed by atoms with E-state index in [-0.39, 0.29) is 0 Å². The molecule has 1 aromatic carbocycles. The molecular weight excluding hydrogens is 216 g/mol. The Morgan fingerprint density at radius 2 is 2.25 bits per heavy atom. The van der Waals surface area contributed by atoms with Gasteiger partial charge in [0.05, 0.1) is 0 Å². The Labute approximate surface area is 102 Å². The van der Waals surface area contributed by atoms with Crippen molar-refractivity contribution in [3.05, 3.63) is 29.3 Å². The van der Waals surface area contributed by atoms with Gasteiger partial charge >= 0.3 is 0 Å². The summed E-state index contributed by atoms with van der Waals surface area (Å²) >= 11 is 1.93. The van der Waals surface area contributed by atoms with Crippen LogP contribution in [0.15, 0.2) is 18.2 Å². The van der Waals surface area contributed by atoms with E-state index in [9.17, 15) is 0 Å². The number of nitrogens with two attached hydrogens (primary N) is 1. The molecule has 88 valence electrons. The Hall–Kier alpha value is -0.670. The molecule has 0 aliphatic carbocycles. The van der Waals surface area contributed by atoms with E-state index in [0.29, 0.717) is 6.04 Å². The molecule has 1 aromatic rings. The highest BCUT2D eigenvalue weighted by Gasteiger charge is 2.25. The van der Waals surface area contributed by atoms with Gasteiger partial charge in [-0.05, 0) is 29.9 Å². The van der Waals surface area contributed by atoms with Crippen LogP contribution >= 0.6 is 11.8 Å². The molecule has 0 radical (unpaired) electrons. The maximum atomic E-state index is 6.02. The number of fused-ring (bicyclic) bond motifs is 1. The monoisotopic (exact) mass is 236 g/mol. The number of hydrogen-bond donors (Lipinski definition) is 1. The smallest absolute Gasteiger partial charge is 0.0363 e. The van der Waals surface area contributed by atoms with Crippen molar-refractivity contribution >= 4 is 17.4 Å². The summed E-state index contributed by atoms with van der Waals surface area (Å²) in [6.07, 6.45) is 3.40. The molecule has 3 heteroatoms. The molecule has 2 nitrogen and oxygen atoms in total. The number of rotatable bonds is 4. The molecule has 0 aromatic heterocycles. The highest BCUT2D eigenvalue weighted by molar-refractivity contribution is 7.98. The van der Waals surface area contributed by atoms with Crippen LogP contribution in [0.1, 0.15) is 24.5 Å². The number of anilines is 1. The fraction of sp³-hybridized carbons (Fsp3) is 0.538. The predicted molar refractivity (Wildman–Crippen MR) is 72.6 cm³/mol. The molecule has 1 atom stereocenters. The highest BCUT2D eigenvalue weighted by Crippen LogP contribution is 2.30. The van der Waals surface area contributed by atoms with Gasteiger partial charge in [0.2, 0.25) is 0 Å². The minimum Gasteiger partial charge on any atom is -0.398 e. The van der Waals surface area contributed by atoms with Crippen LogP contribution in [0.25, 0.3) is 0 Å². The second-order valence-electron chi connectivity index (χ2n) is 4.41. The van der Waals surface area contributed by atoms with Crippen molar-refractivity contribution < 1.29 is 0 Å². The molecular formula is C13H20N2S. The fourth-order valence-corrected chi connectivity index (χ4v) is 3.24. The lowest BCUT2D eigenvalue weighted by Crippen LogP contribution is -2.32. The zero-order valence-electron chi connectivity index (χ0n) is 10.1. The third kappa shape index (κ3) is 2.20. The molecule has 0 saturated heterocycles. The standard InChI is InChI=1S/C13H20N2S/c1-3-11(9-16-2)15-7-10-5-4-6-13(14)12(10)8-15/h4-6,11H,3,7-9,14H2,1-2H3. The first-order valence-electron chi connectivity index (χ1n) is 5.85. The van der Waals surface area contributed by atoms with Crippen LogP contribution in [-0.4, -0.2) is 23.0 Å². The van der Waals surface area contributed by atoms with Crippen LogP contribution in [0.5, 0.6) is 0 Å². The number of benzene rings is 1. The summed E-state index contributed by atoms with van der Waals surface area (Å²) in [5, 5.41) is 0.